The fraction of sp³-hybridized carbons (Fsp3) is 0.267. The molecule has 0 saturated heterocycles. The molecule has 1 aliphatic rings. The van der Waals surface area contributed by atoms with Gasteiger partial charge < -0.3 is 14.6 Å². The summed E-state index contributed by atoms with van der Waals surface area (Å²) in [6.45, 7) is 4.02. The molecular formula is C15H14N2O4. The van der Waals surface area contributed by atoms with Crippen LogP contribution in [-0.4, -0.2) is 26.9 Å². The van der Waals surface area contributed by atoms with Crippen molar-refractivity contribution in [2.24, 2.45) is 0 Å². The number of fused-ring (bicyclic) bond motifs is 1. The standard InChI is InChI=1S/C15H14N2O4/c1-15(2)8-9-4-3-5-11(13(9)21-15)20-12-7-6-10(14(18)19)16-17-12/h3-7H,8H2,1-2H3,(H,18,19). The van der Waals surface area contributed by atoms with Gasteiger partial charge in [0, 0.05) is 18.1 Å². The van der Waals surface area contributed by atoms with Crippen molar-refractivity contribution >= 4 is 5.97 Å². The van der Waals surface area contributed by atoms with E-state index in [0.717, 1.165) is 12.0 Å². The summed E-state index contributed by atoms with van der Waals surface area (Å²) in [6, 6.07) is 8.48. The number of para-hydroxylation sites is 1. The minimum atomic E-state index is -1.13. The number of hydrogen-bond donors (Lipinski definition) is 1. The van der Waals surface area contributed by atoms with E-state index in [1.54, 1.807) is 6.07 Å². The van der Waals surface area contributed by atoms with Crippen LogP contribution < -0.4 is 9.47 Å². The maximum Gasteiger partial charge on any atom is 0.356 e. The number of ether oxygens (including phenoxy) is 2. The van der Waals surface area contributed by atoms with Crippen LogP contribution in [0, 0.1) is 0 Å². The highest BCUT2D eigenvalue weighted by atomic mass is 16.5. The van der Waals surface area contributed by atoms with Crippen molar-refractivity contribution in [1.29, 1.82) is 0 Å². The second-order valence-electron chi connectivity index (χ2n) is 5.45. The summed E-state index contributed by atoms with van der Waals surface area (Å²) < 4.78 is 11.6. The molecule has 21 heavy (non-hydrogen) atoms. The van der Waals surface area contributed by atoms with Crippen LogP contribution in [-0.2, 0) is 6.42 Å². The van der Waals surface area contributed by atoms with E-state index in [1.807, 2.05) is 26.0 Å². The van der Waals surface area contributed by atoms with Crippen LogP contribution in [0.2, 0.25) is 0 Å². The van der Waals surface area contributed by atoms with E-state index in [0.29, 0.717) is 11.5 Å². The van der Waals surface area contributed by atoms with Crippen molar-refractivity contribution in [3.8, 4) is 17.4 Å². The van der Waals surface area contributed by atoms with Crippen molar-refractivity contribution in [3.63, 3.8) is 0 Å². The molecular weight excluding hydrogens is 272 g/mol. The molecule has 0 amide bonds. The molecule has 0 fully saturated rings. The minimum Gasteiger partial charge on any atom is -0.483 e. The highest BCUT2D eigenvalue weighted by Gasteiger charge is 2.32. The van der Waals surface area contributed by atoms with Gasteiger partial charge in [0.25, 0.3) is 0 Å². The van der Waals surface area contributed by atoms with Gasteiger partial charge in [-0.3, -0.25) is 0 Å². The van der Waals surface area contributed by atoms with Gasteiger partial charge in [-0.25, -0.2) is 4.79 Å². The average molecular weight is 286 g/mol. The van der Waals surface area contributed by atoms with Crippen LogP contribution in [0.1, 0.15) is 29.9 Å². The summed E-state index contributed by atoms with van der Waals surface area (Å²) >= 11 is 0. The largest absolute Gasteiger partial charge is 0.483 e. The number of carbonyl (C=O) groups is 1. The van der Waals surface area contributed by atoms with Gasteiger partial charge in [-0.15, -0.1) is 10.2 Å². The molecule has 6 heteroatoms. The lowest BCUT2D eigenvalue weighted by atomic mass is 10.0. The molecule has 2 heterocycles. The second kappa shape index (κ2) is 4.73. The fourth-order valence-electron chi connectivity index (χ4n) is 2.27. The van der Waals surface area contributed by atoms with E-state index in [-0.39, 0.29) is 17.2 Å². The smallest absolute Gasteiger partial charge is 0.356 e. The third-order valence-electron chi connectivity index (χ3n) is 3.13. The van der Waals surface area contributed by atoms with Gasteiger partial charge in [-0.1, -0.05) is 12.1 Å². The Morgan fingerprint density at radius 1 is 1.29 bits per heavy atom. The quantitative estimate of drug-likeness (QED) is 0.934. The first-order valence-corrected chi connectivity index (χ1v) is 6.50. The van der Waals surface area contributed by atoms with Crippen LogP contribution in [0.3, 0.4) is 0 Å². The zero-order chi connectivity index (χ0) is 15.0. The molecule has 2 aromatic rings. The van der Waals surface area contributed by atoms with Crippen molar-refractivity contribution in [3.05, 3.63) is 41.6 Å². The van der Waals surface area contributed by atoms with Gasteiger partial charge in [0.2, 0.25) is 5.88 Å². The molecule has 108 valence electrons. The first-order chi connectivity index (χ1) is 9.94. The van der Waals surface area contributed by atoms with Crippen molar-refractivity contribution in [2.45, 2.75) is 25.9 Å². The van der Waals surface area contributed by atoms with Gasteiger partial charge in [0.15, 0.2) is 17.2 Å². The number of benzene rings is 1. The predicted molar refractivity (Wildman–Crippen MR) is 73.9 cm³/mol. The summed E-state index contributed by atoms with van der Waals surface area (Å²) in [4.78, 5) is 10.7. The molecule has 0 atom stereocenters. The minimum absolute atomic E-state index is 0.127. The van der Waals surface area contributed by atoms with Crippen LogP contribution in [0.5, 0.6) is 17.4 Å². The van der Waals surface area contributed by atoms with Gasteiger partial charge in [0.1, 0.15) is 5.60 Å². The predicted octanol–water partition coefficient (Wildman–Crippen LogP) is 2.68. The molecule has 0 bridgehead atoms. The molecule has 1 aliphatic heterocycles. The Balaban J connectivity index is 1.87. The summed E-state index contributed by atoms with van der Waals surface area (Å²) in [7, 11) is 0. The van der Waals surface area contributed by atoms with Crippen LogP contribution in [0.15, 0.2) is 30.3 Å². The Morgan fingerprint density at radius 2 is 2.10 bits per heavy atom. The molecule has 0 saturated carbocycles. The molecule has 6 nitrogen and oxygen atoms in total. The number of nitrogens with zero attached hydrogens (tertiary/aromatic N) is 2. The Labute approximate surface area is 121 Å². The summed E-state index contributed by atoms with van der Waals surface area (Å²) in [5, 5.41) is 16.1. The SMILES string of the molecule is CC1(C)Cc2cccc(Oc3ccc(C(=O)O)nn3)c2O1. The van der Waals surface area contributed by atoms with Gasteiger partial charge in [-0.05, 0) is 26.0 Å². The third-order valence-corrected chi connectivity index (χ3v) is 3.13. The van der Waals surface area contributed by atoms with Crippen LogP contribution in [0.4, 0.5) is 0 Å². The normalized spacial score (nSPS) is 15.1. The van der Waals surface area contributed by atoms with Crippen molar-refractivity contribution in [1.82, 2.24) is 10.2 Å². The molecule has 1 aromatic carbocycles. The van der Waals surface area contributed by atoms with E-state index in [9.17, 15) is 4.79 Å². The van der Waals surface area contributed by atoms with Crippen LogP contribution >= 0.6 is 0 Å². The molecule has 1 aromatic heterocycles. The molecule has 0 spiro atoms. The summed E-state index contributed by atoms with van der Waals surface area (Å²) in [5.74, 6) is 0.350. The van der Waals surface area contributed by atoms with Gasteiger partial charge in [0.05, 0.1) is 0 Å². The highest BCUT2D eigenvalue weighted by molar-refractivity contribution is 5.84. The Hall–Kier alpha value is -2.63. The van der Waals surface area contributed by atoms with Crippen molar-refractivity contribution < 1.29 is 19.4 Å². The van der Waals surface area contributed by atoms with E-state index in [4.69, 9.17) is 14.6 Å². The number of carboxylic acid groups (broad SMARTS) is 1. The zero-order valence-electron chi connectivity index (χ0n) is 11.7. The van der Waals surface area contributed by atoms with Crippen LogP contribution in [0.25, 0.3) is 0 Å². The first kappa shape index (κ1) is 13.4. The van der Waals surface area contributed by atoms with E-state index in [2.05, 4.69) is 10.2 Å². The van der Waals surface area contributed by atoms with Gasteiger partial charge in [-0.2, -0.15) is 0 Å². The lowest BCUT2D eigenvalue weighted by molar-refractivity contribution is 0.0689. The molecule has 0 aliphatic carbocycles. The van der Waals surface area contributed by atoms with Crippen molar-refractivity contribution in [2.75, 3.05) is 0 Å². The maximum absolute atomic E-state index is 10.7. The number of carboxylic acids is 1. The number of hydrogen-bond acceptors (Lipinski definition) is 5. The lowest BCUT2D eigenvalue weighted by Gasteiger charge is -2.18. The van der Waals surface area contributed by atoms with E-state index >= 15 is 0 Å². The number of aromatic carboxylic acids is 1. The number of aromatic nitrogens is 2. The molecule has 0 unspecified atom stereocenters. The summed E-state index contributed by atoms with van der Waals surface area (Å²) in [6.07, 6.45) is 0.809. The summed E-state index contributed by atoms with van der Waals surface area (Å²) in [5.41, 5.74) is 0.686. The molecule has 0 radical (unpaired) electrons. The molecule has 3 rings (SSSR count). The highest BCUT2D eigenvalue weighted by Crippen LogP contribution is 2.42. The molecule has 1 N–H and O–H groups in total. The second-order valence-corrected chi connectivity index (χ2v) is 5.45. The number of rotatable bonds is 3. The Bertz CT molecular complexity index is 695. The Kier molecular flexibility index (Phi) is 3.01. The Morgan fingerprint density at radius 3 is 2.76 bits per heavy atom. The van der Waals surface area contributed by atoms with E-state index in [1.165, 1.54) is 12.1 Å². The lowest BCUT2D eigenvalue weighted by Crippen LogP contribution is -2.24. The zero-order valence-corrected chi connectivity index (χ0v) is 11.7. The fourth-order valence-corrected chi connectivity index (χ4v) is 2.27. The first-order valence-electron chi connectivity index (χ1n) is 6.50. The topological polar surface area (TPSA) is 81.5 Å². The van der Waals surface area contributed by atoms with E-state index < -0.39 is 5.97 Å². The van der Waals surface area contributed by atoms with Gasteiger partial charge >= 0.3 is 5.97 Å². The third kappa shape index (κ3) is 2.65. The monoisotopic (exact) mass is 286 g/mol. The maximum atomic E-state index is 10.7. The average Bonchev–Trinajstić information content (AvgIpc) is 2.74.